The van der Waals surface area contributed by atoms with Crippen molar-refractivity contribution in [3.63, 3.8) is 0 Å². The summed E-state index contributed by atoms with van der Waals surface area (Å²) in [6, 6.07) is 14.8. The van der Waals surface area contributed by atoms with Gasteiger partial charge >= 0.3 is 5.97 Å². The van der Waals surface area contributed by atoms with Gasteiger partial charge in [-0.05, 0) is 42.7 Å². The normalized spacial score (nSPS) is 14.2. The van der Waals surface area contributed by atoms with E-state index in [1.54, 1.807) is 12.1 Å². The Kier molecular flexibility index (Phi) is 6.21. The average molecular weight is 430 g/mol. The molecule has 2 aromatic carbocycles. The predicted octanol–water partition coefficient (Wildman–Crippen LogP) is 4.88. The highest BCUT2D eigenvalue weighted by Gasteiger charge is 2.31. The summed E-state index contributed by atoms with van der Waals surface area (Å²) in [7, 11) is 0. The van der Waals surface area contributed by atoms with Crippen LogP contribution in [0.2, 0.25) is 0 Å². The zero-order valence-electron chi connectivity index (χ0n) is 18.4. The lowest BCUT2D eigenvalue weighted by molar-refractivity contribution is -0.113. The molecule has 0 atom stereocenters. The van der Waals surface area contributed by atoms with Gasteiger partial charge in [-0.3, -0.25) is 4.79 Å². The van der Waals surface area contributed by atoms with Crippen LogP contribution in [0.25, 0.3) is 11.6 Å². The predicted molar refractivity (Wildman–Crippen MR) is 126 cm³/mol. The zero-order chi connectivity index (χ0) is 22.7. The second kappa shape index (κ2) is 9.22. The van der Waals surface area contributed by atoms with Crippen LogP contribution in [-0.2, 0) is 17.8 Å². The van der Waals surface area contributed by atoms with Crippen molar-refractivity contribution in [3.05, 3.63) is 82.9 Å². The first-order chi connectivity index (χ1) is 15.5. The molecule has 0 aliphatic carbocycles. The largest absolute Gasteiger partial charge is 0.478 e. The molecule has 0 saturated heterocycles. The van der Waals surface area contributed by atoms with E-state index in [9.17, 15) is 9.59 Å². The summed E-state index contributed by atoms with van der Waals surface area (Å²) in [6.07, 6.45) is 6.43. The number of aromatic carboxylic acids is 1. The highest BCUT2D eigenvalue weighted by Crippen LogP contribution is 2.37. The van der Waals surface area contributed by atoms with E-state index >= 15 is 0 Å². The summed E-state index contributed by atoms with van der Waals surface area (Å²) in [5, 5.41) is 9.16. The number of benzene rings is 2. The van der Waals surface area contributed by atoms with Crippen molar-refractivity contribution < 1.29 is 14.7 Å². The van der Waals surface area contributed by atoms with Gasteiger partial charge in [0.15, 0.2) is 0 Å². The Morgan fingerprint density at radius 3 is 2.50 bits per heavy atom. The first kappa shape index (κ1) is 21.6. The zero-order valence-corrected chi connectivity index (χ0v) is 18.4. The molecule has 0 fully saturated rings. The third-order valence-corrected chi connectivity index (χ3v) is 5.68. The van der Waals surface area contributed by atoms with Crippen molar-refractivity contribution in [1.29, 1.82) is 0 Å². The fraction of sp³-hybridized carbons (Fsp3) is 0.269. The fourth-order valence-corrected chi connectivity index (χ4v) is 4.12. The molecule has 32 heavy (non-hydrogen) atoms. The molecule has 0 bridgehead atoms. The van der Waals surface area contributed by atoms with Crippen LogP contribution in [0.4, 0.5) is 5.69 Å². The van der Waals surface area contributed by atoms with E-state index in [0.717, 1.165) is 47.6 Å². The van der Waals surface area contributed by atoms with Crippen LogP contribution in [0, 0.1) is 0 Å². The number of carbonyl (C=O) groups is 2. The topological polar surface area (TPSA) is 75.4 Å². The Balaban J connectivity index is 1.74. The van der Waals surface area contributed by atoms with E-state index in [1.165, 1.54) is 0 Å². The molecule has 6 nitrogen and oxygen atoms in total. The summed E-state index contributed by atoms with van der Waals surface area (Å²) >= 11 is 0. The molecule has 3 aromatic rings. The molecule has 4 rings (SSSR count). The number of para-hydroxylation sites is 1. The maximum absolute atomic E-state index is 13.2. The van der Waals surface area contributed by atoms with Crippen LogP contribution in [0.15, 0.2) is 54.7 Å². The lowest BCUT2D eigenvalue weighted by atomic mass is 10.1. The molecule has 164 valence electrons. The number of hydrogen-bond acceptors (Lipinski definition) is 3. The van der Waals surface area contributed by atoms with Gasteiger partial charge in [0.1, 0.15) is 5.82 Å². The van der Waals surface area contributed by atoms with Crippen molar-refractivity contribution in [2.75, 3.05) is 11.4 Å². The number of aryl methyl sites for hydroxylation is 1. The molecular weight excluding hydrogens is 402 g/mol. The second-order valence-electron chi connectivity index (χ2n) is 7.97. The van der Waals surface area contributed by atoms with Crippen LogP contribution in [-0.4, -0.2) is 33.1 Å². The fourth-order valence-electron chi connectivity index (χ4n) is 4.12. The number of rotatable bonds is 8. The van der Waals surface area contributed by atoms with E-state index in [2.05, 4.69) is 23.4 Å². The summed E-state index contributed by atoms with van der Waals surface area (Å²) < 4.78 is 2.12. The van der Waals surface area contributed by atoms with Crippen molar-refractivity contribution in [1.82, 2.24) is 9.55 Å². The summed E-state index contributed by atoms with van der Waals surface area (Å²) in [4.78, 5) is 30.9. The van der Waals surface area contributed by atoms with Crippen LogP contribution < -0.4 is 4.90 Å². The number of hydrogen-bond donors (Lipinski definition) is 1. The van der Waals surface area contributed by atoms with E-state index in [1.807, 2.05) is 53.6 Å². The molecule has 1 N–H and O–H groups in total. The van der Waals surface area contributed by atoms with Gasteiger partial charge in [-0.2, -0.15) is 0 Å². The van der Waals surface area contributed by atoms with E-state index in [0.29, 0.717) is 18.7 Å². The number of anilines is 1. The minimum Gasteiger partial charge on any atom is -0.478 e. The van der Waals surface area contributed by atoms with E-state index in [-0.39, 0.29) is 11.5 Å². The number of carbonyl (C=O) groups excluding carboxylic acids is 1. The summed E-state index contributed by atoms with van der Waals surface area (Å²) in [5.74, 6) is 0.0285. The van der Waals surface area contributed by atoms with Gasteiger partial charge in [0, 0.05) is 25.1 Å². The van der Waals surface area contributed by atoms with Gasteiger partial charge in [-0.15, -0.1) is 0 Å². The standard InChI is InChI=1S/C26H27N3O3/c1-3-7-24-27-16-20(29(24)17-18-10-12-19(13-11-18)26(31)32)15-22-21-8-5-6-9-23(21)28(14-4-2)25(22)30/h5-6,8-13,15-16H,3-4,7,14,17H2,1-2H3,(H,31,32). The molecule has 0 unspecified atom stereocenters. The Morgan fingerprint density at radius 1 is 1.06 bits per heavy atom. The molecule has 1 amide bonds. The van der Waals surface area contributed by atoms with Gasteiger partial charge < -0.3 is 14.6 Å². The monoisotopic (exact) mass is 429 g/mol. The minimum atomic E-state index is -0.939. The minimum absolute atomic E-state index is 0.0173. The van der Waals surface area contributed by atoms with Crippen LogP contribution in [0.1, 0.15) is 59.7 Å². The maximum Gasteiger partial charge on any atom is 0.335 e. The SMILES string of the molecule is CCCc1ncc(C=C2C(=O)N(CCC)c3ccccc32)n1Cc1ccc(C(=O)O)cc1. The van der Waals surface area contributed by atoms with Crippen LogP contribution in [0.5, 0.6) is 0 Å². The van der Waals surface area contributed by atoms with E-state index in [4.69, 9.17) is 5.11 Å². The first-order valence-electron chi connectivity index (χ1n) is 11.0. The lowest BCUT2D eigenvalue weighted by Gasteiger charge is -2.15. The molecule has 0 radical (unpaired) electrons. The molecule has 1 aromatic heterocycles. The molecule has 0 spiro atoms. The number of nitrogens with zero attached hydrogens (tertiary/aromatic N) is 3. The third-order valence-electron chi connectivity index (χ3n) is 5.68. The van der Waals surface area contributed by atoms with Crippen LogP contribution in [0.3, 0.4) is 0 Å². The van der Waals surface area contributed by atoms with Crippen molar-refractivity contribution in [2.24, 2.45) is 0 Å². The van der Waals surface area contributed by atoms with Crippen molar-refractivity contribution >= 4 is 29.2 Å². The molecule has 0 saturated carbocycles. The summed E-state index contributed by atoms with van der Waals surface area (Å²) in [6.45, 7) is 5.42. The molecule has 1 aliphatic rings. The van der Waals surface area contributed by atoms with E-state index < -0.39 is 5.97 Å². The number of imidazole rings is 1. The Bertz CT molecular complexity index is 1180. The van der Waals surface area contributed by atoms with Crippen LogP contribution >= 0.6 is 0 Å². The highest BCUT2D eigenvalue weighted by molar-refractivity contribution is 6.35. The van der Waals surface area contributed by atoms with Gasteiger partial charge in [0.2, 0.25) is 0 Å². The number of amides is 1. The molecule has 1 aliphatic heterocycles. The third kappa shape index (κ3) is 4.08. The van der Waals surface area contributed by atoms with Gasteiger partial charge in [-0.1, -0.05) is 44.2 Å². The molecular formula is C26H27N3O3. The Morgan fingerprint density at radius 2 is 1.81 bits per heavy atom. The van der Waals surface area contributed by atoms with Gasteiger partial charge in [0.05, 0.1) is 28.7 Å². The number of fused-ring (bicyclic) bond motifs is 1. The number of aromatic nitrogens is 2. The quantitative estimate of drug-likeness (QED) is 0.518. The lowest BCUT2D eigenvalue weighted by Crippen LogP contribution is -2.26. The summed E-state index contributed by atoms with van der Waals surface area (Å²) in [5.41, 5.74) is 4.69. The molecule has 2 heterocycles. The van der Waals surface area contributed by atoms with Gasteiger partial charge in [0.25, 0.3) is 5.91 Å². The number of carboxylic acid groups (broad SMARTS) is 1. The van der Waals surface area contributed by atoms with Gasteiger partial charge in [-0.25, -0.2) is 9.78 Å². The first-order valence-corrected chi connectivity index (χ1v) is 11.0. The Labute approximate surface area is 187 Å². The average Bonchev–Trinajstić information content (AvgIpc) is 3.29. The maximum atomic E-state index is 13.2. The highest BCUT2D eigenvalue weighted by atomic mass is 16.4. The second-order valence-corrected chi connectivity index (χ2v) is 7.97. The Hall–Kier alpha value is -3.67. The van der Waals surface area contributed by atoms with Crippen molar-refractivity contribution in [3.8, 4) is 0 Å². The van der Waals surface area contributed by atoms with Crippen molar-refractivity contribution in [2.45, 2.75) is 39.7 Å². The number of carboxylic acids is 1. The molecule has 6 heteroatoms. The smallest absolute Gasteiger partial charge is 0.335 e.